The molecule has 0 bridgehead atoms. The Bertz CT molecular complexity index is 566. The predicted molar refractivity (Wildman–Crippen MR) is 65.7 cm³/mol. The number of hydrogen-bond acceptors (Lipinski definition) is 5. The zero-order valence-corrected chi connectivity index (χ0v) is 10.2. The molecule has 0 heterocycles. The van der Waals surface area contributed by atoms with Crippen LogP contribution in [0.4, 0.5) is 5.69 Å². The van der Waals surface area contributed by atoms with Crippen molar-refractivity contribution in [2.45, 2.75) is 0 Å². The van der Waals surface area contributed by atoms with Crippen LogP contribution in [0.25, 0.3) is 0 Å². The fourth-order valence-electron chi connectivity index (χ4n) is 1.16. The summed E-state index contributed by atoms with van der Waals surface area (Å²) in [5, 5.41) is 20.2. The molecule has 0 atom stereocenters. The predicted octanol–water partition coefficient (Wildman–Crippen LogP) is 2.47. The van der Waals surface area contributed by atoms with Gasteiger partial charge in [0.15, 0.2) is 0 Å². The van der Waals surface area contributed by atoms with Crippen LogP contribution in [0.3, 0.4) is 0 Å². The molecule has 1 aromatic rings. The molecule has 0 aromatic heterocycles. The summed E-state index contributed by atoms with van der Waals surface area (Å²) < 4.78 is 4.60. The molecule has 0 aliphatic heterocycles. The standard InChI is InChI=1S/C12H8ClN3O2/c1-18-12(17)10-4-9(13)2-3-11(10)16-7-8(5-14)6-15/h2-4,7,16H,1H3. The largest absolute Gasteiger partial charge is 0.465 e. The lowest BCUT2D eigenvalue weighted by Gasteiger charge is -2.07. The quantitative estimate of drug-likeness (QED) is 0.667. The van der Waals surface area contributed by atoms with Gasteiger partial charge in [0.2, 0.25) is 0 Å². The van der Waals surface area contributed by atoms with Crippen LogP contribution in [0.2, 0.25) is 5.02 Å². The Hall–Kier alpha value is -2.50. The van der Waals surface area contributed by atoms with Crippen molar-refractivity contribution in [2.24, 2.45) is 0 Å². The molecule has 18 heavy (non-hydrogen) atoms. The third kappa shape index (κ3) is 3.24. The van der Waals surface area contributed by atoms with Gasteiger partial charge in [-0.1, -0.05) is 11.6 Å². The molecule has 0 unspecified atom stereocenters. The van der Waals surface area contributed by atoms with Crippen LogP contribution in [-0.2, 0) is 4.74 Å². The van der Waals surface area contributed by atoms with Crippen LogP contribution >= 0.6 is 11.6 Å². The van der Waals surface area contributed by atoms with Crippen LogP contribution in [0.5, 0.6) is 0 Å². The summed E-state index contributed by atoms with van der Waals surface area (Å²) >= 11 is 5.78. The number of allylic oxidation sites excluding steroid dienone is 1. The normalized spacial score (nSPS) is 8.67. The van der Waals surface area contributed by atoms with E-state index in [1.807, 2.05) is 0 Å². The minimum atomic E-state index is -0.566. The number of nitriles is 2. The smallest absolute Gasteiger partial charge is 0.340 e. The Morgan fingerprint density at radius 2 is 2.11 bits per heavy atom. The molecule has 0 saturated carbocycles. The lowest BCUT2D eigenvalue weighted by molar-refractivity contribution is 0.0602. The Morgan fingerprint density at radius 1 is 1.44 bits per heavy atom. The number of carbonyl (C=O) groups is 1. The maximum Gasteiger partial charge on any atom is 0.340 e. The summed E-state index contributed by atoms with van der Waals surface area (Å²) in [5.41, 5.74) is 0.506. The topological polar surface area (TPSA) is 85.9 Å². The Balaban J connectivity index is 3.11. The molecular weight excluding hydrogens is 254 g/mol. The maximum absolute atomic E-state index is 11.5. The van der Waals surface area contributed by atoms with Gasteiger partial charge < -0.3 is 10.1 Å². The van der Waals surface area contributed by atoms with Crippen molar-refractivity contribution in [3.63, 3.8) is 0 Å². The fourth-order valence-corrected chi connectivity index (χ4v) is 1.33. The summed E-state index contributed by atoms with van der Waals surface area (Å²) in [4.78, 5) is 11.5. The van der Waals surface area contributed by atoms with E-state index in [1.165, 1.54) is 19.4 Å². The van der Waals surface area contributed by atoms with Crippen molar-refractivity contribution in [3.8, 4) is 12.1 Å². The zero-order valence-electron chi connectivity index (χ0n) is 9.40. The highest BCUT2D eigenvalue weighted by molar-refractivity contribution is 6.31. The van der Waals surface area contributed by atoms with E-state index in [2.05, 4.69) is 10.1 Å². The molecule has 1 N–H and O–H groups in total. The number of nitrogens with zero attached hydrogens (tertiary/aromatic N) is 2. The molecule has 5 nitrogen and oxygen atoms in total. The molecule has 0 spiro atoms. The number of nitrogens with one attached hydrogen (secondary N) is 1. The molecular formula is C12H8ClN3O2. The van der Waals surface area contributed by atoms with Gasteiger partial charge in [-0.15, -0.1) is 0 Å². The summed E-state index contributed by atoms with van der Waals surface area (Å²) in [6, 6.07) is 7.94. The van der Waals surface area contributed by atoms with Crippen molar-refractivity contribution in [2.75, 3.05) is 12.4 Å². The highest BCUT2D eigenvalue weighted by Gasteiger charge is 2.11. The van der Waals surface area contributed by atoms with Crippen LogP contribution in [-0.4, -0.2) is 13.1 Å². The summed E-state index contributed by atoms with van der Waals surface area (Å²) in [5.74, 6) is -0.566. The molecule has 1 rings (SSSR count). The Morgan fingerprint density at radius 3 is 2.67 bits per heavy atom. The van der Waals surface area contributed by atoms with Gasteiger partial charge in [0.05, 0.1) is 18.4 Å². The third-order valence-electron chi connectivity index (χ3n) is 2.00. The lowest BCUT2D eigenvalue weighted by atomic mass is 10.2. The van der Waals surface area contributed by atoms with E-state index in [0.29, 0.717) is 10.7 Å². The van der Waals surface area contributed by atoms with E-state index in [4.69, 9.17) is 22.1 Å². The van der Waals surface area contributed by atoms with Gasteiger partial charge in [-0.3, -0.25) is 0 Å². The number of carbonyl (C=O) groups excluding carboxylic acids is 1. The average Bonchev–Trinajstić information content (AvgIpc) is 2.40. The molecule has 6 heteroatoms. The van der Waals surface area contributed by atoms with Crippen molar-refractivity contribution >= 4 is 23.3 Å². The number of benzene rings is 1. The minimum Gasteiger partial charge on any atom is -0.465 e. The maximum atomic E-state index is 11.5. The van der Waals surface area contributed by atoms with Crippen LogP contribution in [0.15, 0.2) is 30.0 Å². The number of ether oxygens (including phenoxy) is 1. The van der Waals surface area contributed by atoms with Crippen molar-refractivity contribution in [3.05, 3.63) is 40.6 Å². The first-order valence-electron chi connectivity index (χ1n) is 4.77. The van der Waals surface area contributed by atoms with E-state index in [9.17, 15) is 4.79 Å². The lowest BCUT2D eigenvalue weighted by Crippen LogP contribution is -2.05. The van der Waals surface area contributed by atoms with Gasteiger partial charge in [0.25, 0.3) is 0 Å². The molecule has 0 aliphatic rings. The molecule has 0 fully saturated rings. The van der Waals surface area contributed by atoms with E-state index in [1.54, 1.807) is 24.3 Å². The fraction of sp³-hybridized carbons (Fsp3) is 0.0833. The van der Waals surface area contributed by atoms with Crippen molar-refractivity contribution in [1.29, 1.82) is 10.5 Å². The molecule has 0 amide bonds. The van der Waals surface area contributed by atoms with Gasteiger partial charge in [0, 0.05) is 11.2 Å². The van der Waals surface area contributed by atoms with Gasteiger partial charge in [-0.2, -0.15) is 10.5 Å². The van der Waals surface area contributed by atoms with Crippen LogP contribution < -0.4 is 5.32 Å². The zero-order chi connectivity index (χ0) is 13.5. The SMILES string of the molecule is COC(=O)c1cc(Cl)ccc1NC=C(C#N)C#N. The first-order chi connectivity index (χ1) is 8.62. The molecule has 0 saturated heterocycles. The average molecular weight is 262 g/mol. The number of halogens is 1. The number of esters is 1. The highest BCUT2D eigenvalue weighted by atomic mass is 35.5. The van der Waals surface area contributed by atoms with Crippen LogP contribution in [0.1, 0.15) is 10.4 Å². The van der Waals surface area contributed by atoms with Gasteiger partial charge in [0.1, 0.15) is 17.7 Å². The number of anilines is 1. The summed E-state index contributed by atoms with van der Waals surface area (Å²) in [7, 11) is 1.25. The number of rotatable bonds is 3. The second kappa shape index (κ2) is 6.29. The van der Waals surface area contributed by atoms with Gasteiger partial charge >= 0.3 is 5.97 Å². The van der Waals surface area contributed by atoms with Gasteiger partial charge in [-0.25, -0.2) is 4.79 Å². The van der Waals surface area contributed by atoms with E-state index in [-0.39, 0.29) is 11.1 Å². The Kier molecular flexibility index (Phi) is 4.74. The minimum absolute atomic E-state index is 0.110. The monoisotopic (exact) mass is 261 g/mol. The van der Waals surface area contributed by atoms with Gasteiger partial charge in [-0.05, 0) is 18.2 Å². The summed E-state index contributed by atoms with van der Waals surface area (Å²) in [6.45, 7) is 0. The highest BCUT2D eigenvalue weighted by Crippen LogP contribution is 2.21. The van der Waals surface area contributed by atoms with Crippen molar-refractivity contribution in [1.82, 2.24) is 0 Å². The number of methoxy groups -OCH3 is 1. The summed E-state index contributed by atoms with van der Waals surface area (Å²) in [6.07, 6.45) is 1.20. The van der Waals surface area contributed by atoms with E-state index in [0.717, 1.165) is 0 Å². The Labute approximate surface area is 109 Å². The molecule has 0 aliphatic carbocycles. The van der Waals surface area contributed by atoms with E-state index < -0.39 is 5.97 Å². The first kappa shape index (κ1) is 13.6. The van der Waals surface area contributed by atoms with Crippen molar-refractivity contribution < 1.29 is 9.53 Å². The van der Waals surface area contributed by atoms with Crippen LogP contribution in [0, 0.1) is 22.7 Å². The third-order valence-corrected chi connectivity index (χ3v) is 2.23. The number of hydrogen-bond donors (Lipinski definition) is 1. The van der Waals surface area contributed by atoms with E-state index >= 15 is 0 Å². The first-order valence-corrected chi connectivity index (χ1v) is 5.15. The molecule has 1 aromatic carbocycles. The molecule has 90 valence electrons. The molecule has 0 radical (unpaired) electrons. The second-order valence-corrected chi connectivity index (χ2v) is 3.54. The second-order valence-electron chi connectivity index (χ2n) is 3.11.